The highest BCUT2D eigenvalue weighted by atomic mass is 35.5. The molecule has 0 bridgehead atoms. The topological polar surface area (TPSA) is 67.4 Å². The Bertz CT molecular complexity index is 229. The lowest BCUT2D eigenvalue weighted by molar-refractivity contribution is -0.144. The van der Waals surface area contributed by atoms with E-state index in [-0.39, 0.29) is 24.2 Å². The molecular formula is C9H17ClN2O3. The van der Waals surface area contributed by atoms with E-state index >= 15 is 0 Å². The van der Waals surface area contributed by atoms with E-state index in [2.05, 4.69) is 15.4 Å². The van der Waals surface area contributed by atoms with E-state index in [1.54, 1.807) is 6.92 Å². The van der Waals surface area contributed by atoms with Gasteiger partial charge in [0.2, 0.25) is 5.91 Å². The van der Waals surface area contributed by atoms with Crippen molar-refractivity contribution in [2.24, 2.45) is 5.92 Å². The predicted octanol–water partition coefficient (Wildman–Crippen LogP) is -0.305. The van der Waals surface area contributed by atoms with Gasteiger partial charge in [-0.05, 0) is 19.9 Å². The van der Waals surface area contributed by atoms with E-state index < -0.39 is 12.0 Å². The Morgan fingerprint density at radius 2 is 2.20 bits per heavy atom. The van der Waals surface area contributed by atoms with E-state index in [4.69, 9.17) is 0 Å². The third-order valence-electron chi connectivity index (χ3n) is 2.34. The molecule has 2 atom stereocenters. The van der Waals surface area contributed by atoms with Crippen LogP contribution in [0.25, 0.3) is 0 Å². The molecule has 0 aromatic carbocycles. The number of carbonyl (C=O) groups is 2. The highest BCUT2D eigenvalue weighted by Gasteiger charge is 2.25. The number of rotatable bonds is 3. The molecule has 1 amide bonds. The number of methoxy groups -OCH3 is 1. The van der Waals surface area contributed by atoms with Gasteiger partial charge < -0.3 is 15.4 Å². The Hall–Kier alpha value is -0.810. The normalized spacial score (nSPS) is 21.3. The number of ether oxygens (including phenoxy) is 1. The lowest BCUT2D eigenvalue weighted by Gasteiger charge is -2.14. The quantitative estimate of drug-likeness (QED) is 0.660. The molecule has 5 nitrogen and oxygen atoms in total. The maximum Gasteiger partial charge on any atom is 0.328 e. The first-order valence-corrected chi connectivity index (χ1v) is 4.74. The third kappa shape index (κ3) is 4.05. The first kappa shape index (κ1) is 14.2. The minimum absolute atomic E-state index is 0. The minimum Gasteiger partial charge on any atom is -0.467 e. The molecule has 0 aliphatic carbocycles. The first-order valence-electron chi connectivity index (χ1n) is 4.74. The smallest absolute Gasteiger partial charge is 0.328 e. The van der Waals surface area contributed by atoms with Gasteiger partial charge >= 0.3 is 5.97 Å². The van der Waals surface area contributed by atoms with Crippen LogP contribution in [-0.4, -0.2) is 38.1 Å². The fraction of sp³-hybridized carbons (Fsp3) is 0.778. The molecule has 1 heterocycles. The van der Waals surface area contributed by atoms with Crippen LogP contribution in [-0.2, 0) is 14.3 Å². The molecule has 1 saturated heterocycles. The van der Waals surface area contributed by atoms with Crippen LogP contribution >= 0.6 is 12.4 Å². The van der Waals surface area contributed by atoms with Gasteiger partial charge in [0.15, 0.2) is 0 Å². The maximum absolute atomic E-state index is 11.5. The predicted molar refractivity (Wildman–Crippen MR) is 57.8 cm³/mol. The summed E-state index contributed by atoms with van der Waals surface area (Å²) in [6.45, 7) is 3.18. The number of amides is 1. The van der Waals surface area contributed by atoms with Crippen molar-refractivity contribution in [3.05, 3.63) is 0 Å². The molecule has 0 saturated carbocycles. The number of hydrogen-bond donors (Lipinski definition) is 2. The molecule has 0 aromatic rings. The SMILES string of the molecule is COC(=O)C(C)NC(=O)C1CCNC1.Cl. The van der Waals surface area contributed by atoms with E-state index in [0.717, 1.165) is 13.0 Å². The summed E-state index contributed by atoms with van der Waals surface area (Å²) in [5.74, 6) is -0.501. The first-order chi connectivity index (χ1) is 6.65. The molecule has 2 unspecified atom stereocenters. The number of halogens is 1. The Morgan fingerprint density at radius 3 is 2.67 bits per heavy atom. The zero-order valence-corrected chi connectivity index (χ0v) is 9.73. The number of nitrogens with one attached hydrogen (secondary N) is 2. The second-order valence-electron chi connectivity index (χ2n) is 3.44. The Kier molecular flexibility index (Phi) is 6.27. The summed E-state index contributed by atoms with van der Waals surface area (Å²) >= 11 is 0. The number of carbonyl (C=O) groups excluding carboxylic acids is 2. The average Bonchev–Trinajstić information content (AvgIpc) is 2.69. The van der Waals surface area contributed by atoms with Gasteiger partial charge in [-0.15, -0.1) is 12.4 Å². The van der Waals surface area contributed by atoms with Gasteiger partial charge in [-0.2, -0.15) is 0 Å². The van der Waals surface area contributed by atoms with E-state index in [1.807, 2.05) is 0 Å². The second-order valence-corrected chi connectivity index (χ2v) is 3.44. The van der Waals surface area contributed by atoms with Crippen LogP contribution in [0.1, 0.15) is 13.3 Å². The zero-order chi connectivity index (χ0) is 10.6. The minimum atomic E-state index is -0.562. The van der Waals surface area contributed by atoms with Crippen LogP contribution in [0.3, 0.4) is 0 Å². The third-order valence-corrected chi connectivity index (χ3v) is 2.34. The van der Waals surface area contributed by atoms with Gasteiger partial charge in [-0.1, -0.05) is 0 Å². The molecule has 2 N–H and O–H groups in total. The van der Waals surface area contributed by atoms with Crippen molar-refractivity contribution in [3.63, 3.8) is 0 Å². The molecule has 0 aromatic heterocycles. The summed E-state index contributed by atoms with van der Waals surface area (Å²) in [6.07, 6.45) is 0.833. The molecular weight excluding hydrogens is 220 g/mol. The zero-order valence-electron chi connectivity index (χ0n) is 8.91. The summed E-state index contributed by atoms with van der Waals surface area (Å²) in [7, 11) is 1.31. The van der Waals surface area contributed by atoms with E-state index in [1.165, 1.54) is 7.11 Å². The van der Waals surface area contributed by atoms with Gasteiger partial charge in [0.25, 0.3) is 0 Å². The molecule has 88 valence electrons. The Balaban J connectivity index is 0.00000196. The molecule has 15 heavy (non-hydrogen) atoms. The van der Waals surface area contributed by atoms with Crippen LogP contribution in [0.4, 0.5) is 0 Å². The molecule has 0 spiro atoms. The summed E-state index contributed by atoms with van der Waals surface area (Å²) in [6, 6.07) is -0.562. The van der Waals surface area contributed by atoms with Crippen molar-refractivity contribution in [2.75, 3.05) is 20.2 Å². The van der Waals surface area contributed by atoms with Crippen molar-refractivity contribution in [2.45, 2.75) is 19.4 Å². The monoisotopic (exact) mass is 236 g/mol. The Morgan fingerprint density at radius 1 is 1.53 bits per heavy atom. The standard InChI is InChI=1S/C9H16N2O3.ClH/c1-6(9(13)14-2)11-8(12)7-3-4-10-5-7;/h6-7,10H,3-5H2,1-2H3,(H,11,12);1H. The van der Waals surface area contributed by atoms with Crippen LogP contribution in [0, 0.1) is 5.92 Å². The largest absolute Gasteiger partial charge is 0.467 e. The van der Waals surface area contributed by atoms with Crippen LogP contribution < -0.4 is 10.6 Å². The summed E-state index contributed by atoms with van der Waals surface area (Å²) < 4.78 is 4.51. The van der Waals surface area contributed by atoms with E-state index in [0.29, 0.717) is 6.54 Å². The average molecular weight is 237 g/mol. The highest BCUT2D eigenvalue weighted by molar-refractivity contribution is 5.86. The van der Waals surface area contributed by atoms with Crippen molar-refractivity contribution in [1.29, 1.82) is 0 Å². The molecule has 1 aliphatic rings. The lowest BCUT2D eigenvalue weighted by Crippen LogP contribution is -2.42. The van der Waals surface area contributed by atoms with Gasteiger partial charge in [-0.3, -0.25) is 4.79 Å². The lowest BCUT2D eigenvalue weighted by atomic mass is 10.1. The second kappa shape index (κ2) is 6.63. The highest BCUT2D eigenvalue weighted by Crippen LogP contribution is 2.07. The van der Waals surface area contributed by atoms with E-state index in [9.17, 15) is 9.59 Å². The summed E-state index contributed by atoms with van der Waals surface area (Å²) in [4.78, 5) is 22.5. The van der Waals surface area contributed by atoms with Crippen molar-refractivity contribution >= 4 is 24.3 Å². The fourth-order valence-electron chi connectivity index (χ4n) is 1.45. The number of esters is 1. The molecule has 1 aliphatic heterocycles. The van der Waals surface area contributed by atoms with Crippen LogP contribution in [0.5, 0.6) is 0 Å². The van der Waals surface area contributed by atoms with Gasteiger partial charge in [0.05, 0.1) is 13.0 Å². The van der Waals surface area contributed by atoms with Crippen molar-refractivity contribution in [3.8, 4) is 0 Å². The molecule has 1 fully saturated rings. The maximum atomic E-state index is 11.5. The molecule has 1 rings (SSSR count). The molecule has 0 radical (unpaired) electrons. The molecule has 6 heteroatoms. The summed E-state index contributed by atoms with van der Waals surface area (Å²) in [5.41, 5.74) is 0. The van der Waals surface area contributed by atoms with Crippen molar-refractivity contribution < 1.29 is 14.3 Å². The fourth-order valence-corrected chi connectivity index (χ4v) is 1.45. The van der Waals surface area contributed by atoms with Crippen molar-refractivity contribution in [1.82, 2.24) is 10.6 Å². The van der Waals surface area contributed by atoms with Gasteiger partial charge in [0, 0.05) is 6.54 Å². The Labute approximate surface area is 95.3 Å². The van der Waals surface area contributed by atoms with Gasteiger partial charge in [0.1, 0.15) is 6.04 Å². The van der Waals surface area contributed by atoms with Crippen LogP contribution in [0.2, 0.25) is 0 Å². The van der Waals surface area contributed by atoms with Crippen LogP contribution in [0.15, 0.2) is 0 Å². The summed E-state index contributed by atoms with van der Waals surface area (Å²) in [5, 5.41) is 5.71. The number of hydrogen-bond acceptors (Lipinski definition) is 4. The van der Waals surface area contributed by atoms with Gasteiger partial charge in [-0.25, -0.2) is 4.79 Å².